The van der Waals surface area contributed by atoms with Crippen LogP contribution in [-0.4, -0.2) is 5.33 Å². The molecule has 0 amide bonds. The molecule has 0 unspecified atom stereocenters. The largest absolute Gasteiger partial charge is 0.133 e. The monoisotopic (exact) mass is 308 g/mol. The summed E-state index contributed by atoms with van der Waals surface area (Å²) >= 11 is 8.62. The molecule has 12 heavy (non-hydrogen) atoms. The van der Waals surface area contributed by atoms with E-state index in [1.54, 1.807) is 11.3 Å². The van der Waals surface area contributed by atoms with E-state index in [-0.39, 0.29) is 0 Å². The molecule has 0 aromatic carbocycles. The van der Waals surface area contributed by atoms with Crippen molar-refractivity contribution in [3.8, 4) is 0 Å². The summed E-state index contributed by atoms with van der Waals surface area (Å²) in [6.45, 7) is 0. The van der Waals surface area contributed by atoms with Gasteiger partial charge in [0.05, 0.1) is 3.79 Å². The quantitative estimate of drug-likeness (QED) is 0.571. The van der Waals surface area contributed by atoms with Crippen molar-refractivity contribution in [1.29, 1.82) is 0 Å². The third-order valence-corrected chi connectivity index (χ3v) is 3.49. The summed E-state index contributed by atoms with van der Waals surface area (Å²) in [7, 11) is 0. The minimum atomic E-state index is 1.05. The molecule has 0 aliphatic heterocycles. The average molecular weight is 310 g/mol. The normalized spacial score (nSPS) is 11.2. The van der Waals surface area contributed by atoms with Crippen molar-refractivity contribution < 1.29 is 0 Å². The van der Waals surface area contributed by atoms with Gasteiger partial charge in [-0.2, -0.15) is 0 Å². The van der Waals surface area contributed by atoms with E-state index in [0.717, 1.165) is 18.2 Å². The van der Waals surface area contributed by atoms with Crippen molar-refractivity contribution in [3.05, 3.63) is 32.9 Å². The lowest BCUT2D eigenvalue weighted by molar-refractivity contribution is 1.22. The second-order valence-electron chi connectivity index (χ2n) is 2.36. The zero-order valence-corrected chi connectivity index (χ0v) is 10.6. The maximum atomic E-state index is 3.44. The Morgan fingerprint density at radius 1 is 1.33 bits per heavy atom. The molecule has 0 atom stereocenters. The van der Waals surface area contributed by atoms with Gasteiger partial charge in [0, 0.05) is 10.2 Å². The smallest absolute Gasteiger partial charge is 0.0701 e. The van der Waals surface area contributed by atoms with Crippen LogP contribution in [0.1, 0.15) is 11.3 Å². The maximum Gasteiger partial charge on any atom is 0.0701 e. The minimum Gasteiger partial charge on any atom is -0.133 e. The van der Waals surface area contributed by atoms with Gasteiger partial charge in [-0.1, -0.05) is 28.1 Å². The van der Waals surface area contributed by atoms with Crippen molar-refractivity contribution in [2.24, 2.45) is 0 Å². The van der Waals surface area contributed by atoms with Gasteiger partial charge in [-0.15, -0.1) is 11.3 Å². The molecule has 0 radical (unpaired) electrons. The van der Waals surface area contributed by atoms with Gasteiger partial charge in [0.1, 0.15) is 0 Å². The number of thiophene rings is 1. The van der Waals surface area contributed by atoms with Crippen LogP contribution >= 0.6 is 43.2 Å². The van der Waals surface area contributed by atoms with Crippen molar-refractivity contribution >= 4 is 43.2 Å². The Morgan fingerprint density at radius 2 is 2.17 bits per heavy atom. The number of halogens is 2. The van der Waals surface area contributed by atoms with Crippen LogP contribution in [0.5, 0.6) is 0 Å². The second-order valence-corrected chi connectivity index (χ2v) is 5.70. The summed E-state index contributed by atoms with van der Waals surface area (Å²) in [6.07, 6.45) is 6.61. The molecule has 0 aliphatic carbocycles. The summed E-state index contributed by atoms with van der Waals surface area (Å²) in [5.41, 5.74) is 0. The summed E-state index contributed by atoms with van der Waals surface area (Å²) in [6, 6.07) is 4.26. The molecular formula is C9H10Br2S. The highest BCUT2D eigenvalue weighted by atomic mass is 79.9. The van der Waals surface area contributed by atoms with E-state index < -0.39 is 0 Å². The second kappa shape index (κ2) is 5.95. The van der Waals surface area contributed by atoms with Crippen LogP contribution in [0.15, 0.2) is 28.1 Å². The number of rotatable bonds is 4. The highest BCUT2D eigenvalue weighted by molar-refractivity contribution is 9.11. The van der Waals surface area contributed by atoms with E-state index in [2.05, 4.69) is 56.1 Å². The fourth-order valence-corrected chi connectivity index (χ4v) is 2.56. The lowest BCUT2D eigenvalue weighted by atomic mass is 10.3. The molecule has 1 aromatic heterocycles. The van der Waals surface area contributed by atoms with Gasteiger partial charge in [0.25, 0.3) is 0 Å². The van der Waals surface area contributed by atoms with Crippen LogP contribution in [-0.2, 0) is 6.42 Å². The van der Waals surface area contributed by atoms with E-state index in [9.17, 15) is 0 Å². The van der Waals surface area contributed by atoms with E-state index in [1.807, 2.05) is 0 Å². The summed E-state index contributed by atoms with van der Waals surface area (Å²) in [5, 5.41) is 1.05. The molecule has 0 bridgehead atoms. The fourth-order valence-electron chi connectivity index (χ4n) is 0.842. The van der Waals surface area contributed by atoms with E-state index >= 15 is 0 Å². The molecular weight excluding hydrogens is 300 g/mol. The Kier molecular flexibility index (Phi) is 5.19. The minimum absolute atomic E-state index is 1.05. The van der Waals surface area contributed by atoms with Crippen molar-refractivity contribution in [2.75, 3.05) is 5.33 Å². The predicted octanol–water partition coefficient (Wildman–Crippen LogP) is 4.39. The first-order valence-electron chi connectivity index (χ1n) is 3.78. The molecule has 0 fully saturated rings. The lowest BCUT2D eigenvalue weighted by Gasteiger charge is -1.86. The first kappa shape index (κ1) is 10.5. The molecule has 1 heterocycles. The standard InChI is InChI=1S/C9H10Br2S/c10-7-3-1-2-4-8-5-6-9(11)12-8/h1-2,5-6H,3-4,7H2. The van der Waals surface area contributed by atoms with Gasteiger partial charge in [-0.05, 0) is 40.9 Å². The van der Waals surface area contributed by atoms with Gasteiger partial charge in [-0.25, -0.2) is 0 Å². The molecule has 1 rings (SSSR count). The summed E-state index contributed by atoms with van der Waals surface area (Å²) < 4.78 is 1.21. The first-order valence-corrected chi connectivity index (χ1v) is 6.51. The summed E-state index contributed by atoms with van der Waals surface area (Å²) in [5.74, 6) is 0. The van der Waals surface area contributed by atoms with Gasteiger partial charge in [-0.3, -0.25) is 0 Å². The molecule has 0 saturated carbocycles. The number of allylic oxidation sites excluding steroid dienone is 2. The maximum absolute atomic E-state index is 3.44. The third-order valence-electron chi connectivity index (χ3n) is 1.39. The van der Waals surface area contributed by atoms with Crippen molar-refractivity contribution in [3.63, 3.8) is 0 Å². The fraction of sp³-hybridized carbons (Fsp3) is 0.333. The highest BCUT2D eigenvalue weighted by Crippen LogP contribution is 2.22. The topological polar surface area (TPSA) is 0 Å². The molecule has 0 spiro atoms. The number of alkyl halides is 1. The zero-order valence-electron chi connectivity index (χ0n) is 6.59. The summed E-state index contributed by atoms with van der Waals surface area (Å²) in [4.78, 5) is 1.41. The van der Waals surface area contributed by atoms with Crippen LogP contribution in [0.2, 0.25) is 0 Å². The molecule has 0 saturated heterocycles. The third kappa shape index (κ3) is 3.87. The SMILES string of the molecule is BrCCC=CCc1ccc(Br)s1. The number of hydrogen-bond donors (Lipinski definition) is 0. The molecule has 1 aromatic rings. The predicted molar refractivity (Wildman–Crippen MR) is 63.3 cm³/mol. The Bertz CT molecular complexity index is 253. The molecule has 66 valence electrons. The molecule has 0 N–H and O–H groups in total. The first-order chi connectivity index (χ1) is 5.83. The average Bonchev–Trinajstić information content (AvgIpc) is 2.45. The Labute approximate surface area is 93.9 Å². The van der Waals surface area contributed by atoms with Crippen LogP contribution in [0.25, 0.3) is 0 Å². The van der Waals surface area contributed by atoms with Gasteiger partial charge in [0.2, 0.25) is 0 Å². The Hall–Kier alpha value is 0.400. The van der Waals surface area contributed by atoms with Gasteiger partial charge < -0.3 is 0 Å². The molecule has 0 nitrogen and oxygen atoms in total. The van der Waals surface area contributed by atoms with Crippen LogP contribution in [0.3, 0.4) is 0 Å². The lowest BCUT2D eigenvalue weighted by Crippen LogP contribution is -1.72. The van der Waals surface area contributed by atoms with E-state index in [0.29, 0.717) is 0 Å². The van der Waals surface area contributed by atoms with Gasteiger partial charge in [0.15, 0.2) is 0 Å². The van der Waals surface area contributed by atoms with E-state index in [4.69, 9.17) is 0 Å². The number of hydrogen-bond acceptors (Lipinski definition) is 1. The highest BCUT2D eigenvalue weighted by Gasteiger charge is 1.93. The molecule has 3 heteroatoms. The van der Waals surface area contributed by atoms with Crippen LogP contribution < -0.4 is 0 Å². The Morgan fingerprint density at radius 3 is 2.75 bits per heavy atom. The molecule has 0 aliphatic rings. The Balaban J connectivity index is 2.33. The van der Waals surface area contributed by atoms with Gasteiger partial charge >= 0.3 is 0 Å². The van der Waals surface area contributed by atoms with Crippen LogP contribution in [0.4, 0.5) is 0 Å². The van der Waals surface area contributed by atoms with Crippen molar-refractivity contribution in [2.45, 2.75) is 12.8 Å². The zero-order chi connectivity index (χ0) is 8.81. The van der Waals surface area contributed by atoms with E-state index in [1.165, 1.54) is 8.66 Å². The van der Waals surface area contributed by atoms with Crippen LogP contribution in [0, 0.1) is 0 Å². The van der Waals surface area contributed by atoms with Crippen molar-refractivity contribution in [1.82, 2.24) is 0 Å².